The Morgan fingerprint density at radius 2 is 1.50 bits per heavy atom. The van der Waals surface area contributed by atoms with Gasteiger partial charge in [-0.15, -0.1) is 0 Å². The Hall–Kier alpha value is -0.0800. The van der Waals surface area contributed by atoms with Crippen LogP contribution in [0.3, 0.4) is 0 Å². The molecule has 14 heavy (non-hydrogen) atoms. The fourth-order valence-electron chi connectivity index (χ4n) is 3.23. The molecule has 0 saturated heterocycles. The molecular weight excluding hydrogens is 174 g/mol. The van der Waals surface area contributed by atoms with Gasteiger partial charge in [-0.3, -0.25) is 0 Å². The molecule has 2 saturated carbocycles. The first kappa shape index (κ1) is 10.4. The average molecular weight is 197 g/mol. The summed E-state index contributed by atoms with van der Waals surface area (Å²) in [5.74, 6) is 0.740. The third-order valence-electron chi connectivity index (χ3n) is 4.30. The number of hydrogen-bond acceptors (Lipinski definition) is 2. The molecule has 82 valence electrons. The lowest BCUT2D eigenvalue weighted by molar-refractivity contribution is 0.0641. The van der Waals surface area contributed by atoms with Gasteiger partial charge < -0.3 is 10.8 Å². The number of nitrogens with two attached hydrogens (primary N) is 1. The van der Waals surface area contributed by atoms with Crippen LogP contribution in [-0.2, 0) is 0 Å². The van der Waals surface area contributed by atoms with Crippen LogP contribution < -0.4 is 5.73 Å². The summed E-state index contributed by atoms with van der Waals surface area (Å²) < 4.78 is 0. The normalized spacial score (nSPS) is 41.1. The Kier molecular flexibility index (Phi) is 3.13. The van der Waals surface area contributed by atoms with Crippen molar-refractivity contribution in [2.24, 2.45) is 11.7 Å². The van der Waals surface area contributed by atoms with E-state index in [1.165, 1.54) is 32.1 Å². The van der Waals surface area contributed by atoms with Gasteiger partial charge in [0.15, 0.2) is 0 Å². The summed E-state index contributed by atoms with van der Waals surface area (Å²) in [4.78, 5) is 0. The molecule has 0 unspecified atom stereocenters. The van der Waals surface area contributed by atoms with Crippen LogP contribution >= 0.6 is 0 Å². The van der Waals surface area contributed by atoms with E-state index in [0.717, 1.165) is 31.6 Å². The van der Waals surface area contributed by atoms with Crippen molar-refractivity contribution < 1.29 is 5.11 Å². The lowest BCUT2D eigenvalue weighted by Gasteiger charge is -2.43. The van der Waals surface area contributed by atoms with Crippen LogP contribution in [0.1, 0.15) is 57.8 Å². The van der Waals surface area contributed by atoms with Gasteiger partial charge in [-0.05, 0) is 44.4 Å². The highest BCUT2D eigenvalue weighted by Crippen LogP contribution is 2.39. The predicted octanol–water partition coefficient (Wildman–Crippen LogP) is 2.20. The van der Waals surface area contributed by atoms with Gasteiger partial charge in [-0.25, -0.2) is 0 Å². The van der Waals surface area contributed by atoms with E-state index < -0.39 is 0 Å². The first-order valence-electron chi connectivity index (χ1n) is 6.18. The van der Waals surface area contributed by atoms with E-state index >= 15 is 0 Å². The smallest absolute Gasteiger partial charge is 0.0541 e. The van der Waals surface area contributed by atoms with Crippen LogP contribution in [0.5, 0.6) is 0 Å². The molecule has 2 aliphatic carbocycles. The summed E-state index contributed by atoms with van der Waals surface area (Å²) in [5, 5.41) is 9.48. The van der Waals surface area contributed by atoms with Crippen LogP contribution in [0, 0.1) is 5.92 Å². The molecule has 2 nitrogen and oxygen atoms in total. The molecule has 0 bridgehead atoms. The van der Waals surface area contributed by atoms with E-state index in [1.54, 1.807) is 0 Å². The number of hydrogen-bond donors (Lipinski definition) is 2. The Morgan fingerprint density at radius 1 is 0.929 bits per heavy atom. The molecule has 0 spiro atoms. The summed E-state index contributed by atoms with van der Waals surface area (Å²) >= 11 is 0. The van der Waals surface area contributed by atoms with Crippen molar-refractivity contribution in [3.05, 3.63) is 0 Å². The van der Waals surface area contributed by atoms with Gasteiger partial charge in [-0.1, -0.05) is 19.3 Å². The maximum Gasteiger partial charge on any atom is 0.0541 e. The van der Waals surface area contributed by atoms with Crippen LogP contribution in [0.2, 0.25) is 0 Å². The van der Waals surface area contributed by atoms with E-state index in [4.69, 9.17) is 5.73 Å². The molecule has 0 heterocycles. The van der Waals surface area contributed by atoms with E-state index in [2.05, 4.69) is 0 Å². The van der Waals surface area contributed by atoms with E-state index in [0.29, 0.717) is 0 Å². The molecule has 0 atom stereocenters. The standard InChI is InChI=1S/C12H23NO/c13-12(8-6-11(14)7-9-12)10-4-2-1-3-5-10/h10-11,14H,1-9,13H2. The van der Waals surface area contributed by atoms with Gasteiger partial charge in [0.25, 0.3) is 0 Å². The van der Waals surface area contributed by atoms with Gasteiger partial charge in [0.1, 0.15) is 0 Å². The molecule has 2 aliphatic rings. The van der Waals surface area contributed by atoms with E-state index in [9.17, 15) is 5.11 Å². The minimum atomic E-state index is -0.0738. The molecule has 0 amide bonds. The van der Waals surface area contributed by atoms with Crippen molar-refractivity contribution in [3.8, 4) is 0 Å². The largest absolute Gasteiger partial charge is 0.393 e. The molecular formula is C12H23NO. The quantitative estimate of drug-likeness (QED) is 0.677. The Balaban J connectivity index is 1.93. The predicted molar refractivity (Wildman–Crippen MR) is 58.0 cm³/mol. The summed E-state index contributed by atoms with van der Waals surface area (Å²) in [6.45, 7) is 0. The first-order chi connectivity index (χ1) is 6.71. The fourth-order valence-corrected chi connectivity index (χ4v) is 3.23. The zero-order valence-corrected chi connectivity index (χ0v) is 9.04. The molecule has 0 aromatic carbocycles. The van der Waals surface area contributed by atoms with Gasteiger partial charge in [0, 0.05) is 5.54 Å². The Bertz CT molecular complexity index is 179. The van der Waals surface area contributed by atoms with Crippen molar-refractivity contribution in [1.29, 1.82) is 0 Å². The summed E-state index contributed by atoms with van der Waals surface area (Å²) in [7, 11) is 0. The lowest BCUT2D eigenvalue weighted by Crippen LogP contribution is -2.51. The van der Waals surface area contributed by atoms with Crippen LogP contribution in [-0.4, -0.2) is 16.7 Å². The minimum absolute atomic E-state index is 0.0691. The second-order valence-corrected chi connectivity index (χ2v) is 5.30. The Morgan fingerprint density at radius 3 is 2.07 bits per heavy atom. The lowest BCUT2D eigenvalue weighted by atomic mass is 9.68. The summed E-state index contributed by atoms with van der Waals surface area (Å²) in [5.41, 5.74) is 6.55. The highest BCUT2D eigenvalue weighted by atomic mass is 16.3. The maximum absolute atomic E-state index is 9.48. The van der Waals surface area contributed by atoms with Crippen LogP contribution in [0.4, 0.5) is 0 Å². The highest BCUT2D eigenvalue weighted by molar-refractivity contribution is 4.96. The number of rotatable bonds is 1. The molecule has 2 fully saturated rings. The molecule has 2 heteroatoms. The van der Waals surface area contributed by atoms with Gasteiger partial charge in [-0.2, -0.15) is 0 Å². The van der Waals surface area contributed by atoms with E-state index in [-0.39, 0.29) is 11.6 Å². The van der Waals surface area contributed by atoms with Crippen molar-refractivity contribution in [2.75, 3.05) is 0 Å². The number of aliphatic hydroxyl groups excluding tert-OH is 1. The maximum atomic E-state index is 9.48. The fraction of sp³-hybridized carbons (Fsp3) is 1.00. The molecule has 0 aromatic rings. The molecule has 2 rings (SSSR count). The van der Waals surface area contributed by atoms with Gasteiger partial charge in [0.2, 0.25) is 0 Å². The van der Waals surface area contributed by atoms with E-state index in [1.807, 2.05) is 0 Å². The average Bonchev–Trinajstić information content (AvgIpc) is 2.24. The molecule has 0 aliphatic heterocycles. The van der Waals surface area contributed by atoms with Crippen molar-refractivity contribution >= 4 is 0 Å². The summed E-state index contributed by atoms with van der Waals surface area (Å²) in [6, 6.07) is 0. The zero-order chi connectivity index (χ0) is 10.0. The Labute approximate surface area is 86.9 Å². The molecule has 3 N–H and O–H groups in total. The van der Waals surface area contributed by atoms with Gasteiger partial charge >= 0.3 is 0 Å². The monoisotopic (exact) mass is 197 g/mol. The first-order valence-corrected chi connectivity index (χ1v) is 6.18. The highest BCUT2D eigenvalue weighted by Gasteiger charge is 2.38. The van der Waals surface area contributed by atoms with Crippen LogP contribution in [0.15, 0.2) is 0 Å². The SMILES string of the molecule is NC1(C2CCCCC2)CCC(O)CC1. The third-order valence-corrected chi connectivity index (χ3v) is 4.30. The van der Waals surface area contributed by atoms with Gasteiger partial charge in [0.05, 0.1) is 6.10 Å². The van der Waals surface area contributed by atoms with Crippen molar-refractivity contribution in [1.82, 2.24) is 0 Å². The summed E-state index contributed by atoms with van der Waals surface area (Å²) in [6.07, 6.45) is 10.6. The second-order valence-electron chi connectivity index (χ2n) is 5.30. The van der Waals surface area contributed by atoms with Crippen molar-refractivity contribution in [2.45, 2.75) is 69.4 Å². The molecule has 0 radical (unpaired) electrons. The zero-order valence-electron chi connectivity index (χ0n) is 9.04. The third kappa shape index (κ3) is 2.12. The molecule has 0 aromatic heterocycles. The second kappa shape index (κ2) is 4.19. The number of aliphatic hydroxyl groups is 1. The van der Waals surface area contributed by atoms with Crippen LogP contribution in [0.25, 0.3) is 0 Å². The van der Waals surface area contributed by atoms with Crippen molar-refractivity contribution in [3.63, 3.8) is 0 Å². The topological polar surface area (TPSA) is 46.2 Å². The minimum Gasteiger partial charge on any atom is -0.393 e.